The summed E-state index contributed by atoms with van der Waals surface area (Å²) in [5.41, 5.74) is 1.40. The Balaban J connectivity index is 3.73. The number of rotatable bonds is 4. The van der Waals surface area contributed by atoms with Gasteiger partial charge in [-0.1, -0.05) is 18.6 Å². The van der Waals surface area contributed by atoms with Crippen molar-refractivity contribution in [1.29, 1.82) is 0 Å². The van der Waals surface area contributed by atoms with Gasteiger partial charge in [-0.25, -0.2) is 0 Å². The number of hydrogen-bond acceptors (Lipinski definition) is 0. The van der Waals surface area contributed by atoms with Crippen LogP contribution in [-0.2, 0) is 0 Å². The van der Waals surface area contributed by atoms with E-state index in [1.165, 1.54) is 12.0 Å². The lowest BCUT2D eigenvalue weighted by atomic mass is 9.92. The summed E-state index contributed by atoms with van der Waals surface area (Å²) >= 11 is 6.18. The molecule has 1 unspecified atom stereocenters. The molecule has 0 rings (SSSR count). The summed E-state index contributed by atoms with van der Waals surface area (Å²) in [4.78, 5) is -0.0600. The van der Waals surface area contributed by atoms with Crippen molar-refractivity contribution in [2.45, 2.75) is 52.3 Å². The average molecular weight is 189 g/mol. The Bertz CT molecular complexity index is 147. The van der Waals surface area contributed by atoms with E-state index in [2.05, 4.69) is 40.7 Å². The van der Waals surface area contributed by atoms with Crippen LogP contribution in [0.3, 0.4) is 0 Å². The molecule has 0 amide bonds. The van der Waals surface area contributed by atoms with Crippen molar-refractivity contribution >= 4 is 11.6 Å². The van der Waals surface area contributed by atoms with Gasteiger partial charge in [-0.05, 0) is 46.5 Å². The molecule has 1 heteroatoms. The second kappa shape index (κ2) is 4.91. The van der Waals surface area contributed by atoms with Crippen molar-refractivity contribution in [3.05, 3.63) is 11.6 Å². The summed E-state index contributed by atoms with van der Waals surface area (Å²) in [5.74, 6) is 0.578. The standard InChI is InChI=1S/C11H21Cl/c1-9(2)7-6-8-10(3)11(4,5)12/h7,10H,6,8H2,1-5H3. The molecule has 0 nitrogen and oxygen atoms in total. The third-order valence-corrected chi connectivity index (χ3v) is 2.70. The van der Waals surface area contributed by atoms with E-state index in [0.29, 0.717) is 5.92 Å². The monoisotopic (exact) mass is 188 g/mol. The van der Waals surface area contributed by atoms with Crippen molar-refractivity contribution in [1.82, 2.24) is 0 Å². The fourth-order valence-electron chi connectivity index (χ4n) is 0.965. The van der Waals surface area contributed by atoms with Crippen molar-refractivity contribution in [2.24, 2.45) is 5.92 Å². The lowest BCUT2D eigenvalue weighted by molar-refractivity contribution is 0.425. The second-order valence-corrected chi connectivity index (χ2v) is 5.30. The fourth-order valence-corrected chi connectivity index (χ4v) is 1.07. The lowest BCUT2D eigenvalue weighted by Gasteiger charge is -2.24. The quantitative estimate of drug-likeness (QED) is 0.454. The predicted molar refractivity (Wildman–Crippen MR) is 57.8 cm³/mol. The van der Waals surface area contributed by atoms with Gasteiger partial charge in [0.15, 0.2) is 0 Å². The Morgan fingerprint density at radius 3 is 2.25 bits per heavy atom. The van der Waals surface area contributed by atoms with Gasteiger partial charge in [-0.3, -0.25) is 0 Å². The second-order valence-electron chi connectivity index (χ2n) is 4.32. The van der Waals surface area contributed by atoms with Crippen LogP contribution in [0.25, 0.3) is 0 Å². The van der Waals surface area contributed by atoms with Crippen LogP contribution in [0.5, 0.6) is 0 Å². The van der Waals surface area contributed by atoms with Gasteiger partial charge in [0.05, 0.1) is 0 Å². The first kappa shape index (κ1) is 12.0. The molecule has 0 aliphatic rings. The van der Waals surface area contributed by atoms with Gasteiger partial charge >= 0.3 is 0 Å². The van der Waals surface area contributed by atoms with Crippen LogP contribution >= 0.6 is 11.6 Å². The Hall–Kier alpha value is 0.0300. The third kappa shape index (κ3) is 5.65. The van der Waals surface area contributed by atoms with Gasteiger partial charge in [0.1, 0.15) is 0 Å². The van der Waals surface area contributed by atoms with Crippen LogP contribution in [0.2, 0.25) is 0 Å². The van der Waals surface area contributed by atoms with Gasteiger partial charge in [0, 0.05) is 4.87 Å². The summed E-state index contributed by atoms with van der Waals surface area (Å²) < 4.78 is 0. The van der Waals surface area contributed by atoms with Crippen LogP contribution in [0.1, 0.15) is 47.5 Å². The summed E-state index contributed by atoms with van der Waals surface area (Å²) in [6.07, 6.45) is 4.61. The highest BCUT2D eigenvalue weighted by atomic mass is 35.5. The van der Waals surface area contributed by atoms with E-state index in [4.69, 9.17) is 11.6 Å². The van der Waals surface area contributed by atoms with Crippen LogP contribution in [0, 0.1) is 5.92 Å². The molecule has 0 N–H and O–H groups in total. The fraction of sp³-hybridized carbons (Fsp3) is 0.818. The van der Waals surface area contributed by atoms with E-state index in [0.717, 1.165) is 6.42 Å². The van der Waals surface area contributed by atoms with Crippen molar-refractivity contribution in [3.8, 4) is 0 Å². The molecule has 0 fully saturated rings. The minimum atomic E-state index is -0.0600. The first-order valence-corrected chi connectivity index (χ1v) is 5.04. The van der Waals surface area contributed by atoms with E-state index in [-0.39, 0.29) is 4.87 Å². The molecule has 0 heterocycles. The SMILES string of the molecule is CC(C)=CCCC(C)C(C)(C)Cl. The molecule has 0 aliphatic carbocycles. The van der Waals surface area contributed by atoms with Crippen LogP contribution in [0.15, 0.2) is 11.6 Å². The number of allylic oxidation sites excluding steroid dienone is 2. The molecule has 0 saturated heterocycles. The zero-order valence-corrected chi connectivity index (χ0v) is 9.70. The number of alkyl halides is 1. The van der Waals surface area contributed by atoms with Crippen LogP contribution in [-0.4, -0.2) is 4.87 Å². The van der Waals surface area contributed by atoms with Gasteiger partial charge in [0.2, 0.25) is 0 Å². The Kier molecular flexibility index (Phi) is 4.92. The van der Waals surface area contributed by atoms with Crippen molar-refractivity contribution in [2.75, 3.05) is 0 Å². The minimum absolute atomic E-state index is 0.0600. The molecule has 0 bridgehead atoms. The van der Waals surface area contributed by atoms with Gasteiger partial charge < -0.3 is 0 Å². The molecule has 0 aromatic rings. The molecule has 72 valence electrons. The molecule has 0 aliphatic heterocycles. The largest absolute Gasteiger partial charge is 0.120 e. The summed E-state index contributed by atoms with van der Waals surface area (Å²) in [6.45, 7) is 10.7. The number of halogens is 1. The molecular formula is C11H21Cl. The first-order chi connectivity index (χ1) is 5.34. The summed E-state index contributed by atoms with van der Waals surface area (Å²) in [5, 5.41) is 0. The minimum Gasteiger partial charge on any atom is -0.120 e. The maximum absolute atomic E-state index is 6.18. The van der Waals surface area contributed by atoms with E-state index >= 15 is 0 Å². The number of hydrogen-bond donors (Lipinski definition) is 0. The van der Waals surface area contributed by atoms with E-state index < -0.39 is 0 Å². The van der Waals surface area contributed by atoms with Gasteiger partial charge in [-0.2, -0.15) is 0 Å². The van der Waals surface area contributed by atoms with Crippen molar-refractivity contribution in [3.63, 3.8) is 0 Å². The highest BCUT2D eigenvalue weighted by molar-refractivity contribution is 6.23. The maximum Gasteiger partial charge on any atom is 0.0416 e. The predicted octanol–water partition coefficient (Wildman–Crippen LogP) is 4.39. The topological polar surface area (TPSA) is 0 Å². The third-order valence-electron chi connectivity index (χ3n) is 2.32. The Morgan fingerprint density at radius 2 is 1.92 bits per heavy atom. The zero-order chi connectivity index (χ0) is 9.78. The molecular weight excluding hydrogens is 168 g/mol. The molecule has 0 saturated carbocycles. The van der Waals surface area contributed by atoms with Gasteiger partial charge in [0.25, 0.3) is 0 Å². The van der Waals surface area contributed by atoms with Crippen LogP contribution < -0.4 is 0 Å². The van der Waals surface area contributed by atoms with E-state index in [9.17, 15) is 0 Å². The summed E-state index contributed by atoms with van der Waals surface area (Å²) in [7, 11) is 0. The highest BCUT2D eigenvalue weighted by Crippen LogP contribution is 2.27. The molecule has 0 radical (unpaired) electrons. The van der Waals surface area contributed by atoms with E-state index in [1.54, 1.807) is 0 Å². The van der Waals surface area contributed by atoms with Crippen LogP contribution in [0.4, 0.5) is 0 Å². The Morgan fingerprint density at radius 1 is 1.42 bits per heavy atom. The lowest BCUT2D eigenvalue weighted by Crippen LogP contribution is -2.21. The van der Waals surface area contributed by atoms with Crippen molar-refractivity contribution < 1.29 is 0 Å². The molecule has 0 aromatic carbocycles. The Labute approximate surface area is 82.0 Å². The van der Waals surface area contributed by atoms with Gasteiger partial charge in [-0.15, -0.1) is 11.6 Å². The molecule has 0 spiro atoms. The van der Waals surface area contributed by atoms with E-state index in [1.807, 2.05) is 0 Å². The molecule has 0 aromatic heterocycles. The first-order valence-electron chi connectivity index (χ1n) is 4.66. The highest BCUT2D eigenvalue weighted by Gasteiger charge is 2.21. The zero-order valence-electron chi connectivity index (χ0n) is 8.95. The maximum atomic E-state index is 6.18. The normalized spacial score (nSPS) is 14.2. The molecule has 12 heavy (non-hydrogen) atoms. The smallest absolute Gasteiger partial charge is 0.0416 e. The molecule has 1 atom stereocenters. The summed E-state index contributed by atoms with van der Waals surface area (Å²) in [6, 6.07) is 0. The average Bonchev–Trinajstić information content (AvgIpc) is 1.84.